The van der Waals surface area contributed by atoms with Crippen LogP contribution in [0.15, 0.2) is 12.4 Å². The van der Waals surface area contributed by atoms with Crippen molar-refractivity contribution in [2.75, 3.05) is 5.32 Å². The van der Waals surface area contributed by atoms with Gasteiger partial charge in [0.2, 0.25) is 0 Å². The van der Waals surface area contributed by atoms with Crippen LogP contribution in [0.1, 0.15) is 15.4 Å². The fourth-order valence-electron chi connectivity index (χ4n) is 0.838. The molecule has 0 aliphatic rings. The molecule has 72 valence electrons. The lowest BCUT2D eigenvalue weighted by atomic mass is 10.4. The first-order valence-corrected chi connectivity index (χ1v) is 5.32. The summed E-state index contributed by atoms with van der Waals surface area (Å²) in [6, 6.07) is 0. The van der Waals surface area contributed by atoms with E-state index < -0.39 is 0 Å². The first-order valence-electron chi connectivity index (χ1n) is 3.77. The summed E-state index contributed by atoms with van der Waals surface area (Å²) in [5.41, 5.74) is 0.322. The minimum atomic E-state index is -0.270. The second-order valence-electron chi connectivity index (χ2n) is 2.52. The zero-order chi connectivity index (χ0) is 9.97. The topological polar surface area (TPSA) is 67.8 Å². The lowest BCUT2D eigenvalue weighted by Gasteiger charge is -1.95. The lowest BCUT2D eigenvalue weighted by molar-refractivity contribution is 0.102. The molecule has 0 saturated heterocycles. The second-order valence-corrected chi connectivity index (χ2v) is 4.31. The highest BCUT2D eigenvalue weighted by molar-refractivity contribution is 7.15. The van der Waals surface area contributed by atoms with E-state index in [4.69, 9.17) is 0 Å². The Hall–Kier alpha value is -1.34. The first kappa shape index (κ1) is 9.22. The van der Waals surface area contributed by atoms with Gasteiger partial charge < -0.3 is 0 Å². The number of carbonyl (C=O) groups excluding carboxylic acids is 1. The van der Waals surface area contributed by atoms with Crippen LogP contribution >= 0.6 is 23.1 Å². The van der Waals surface area contributed by atoms with Crippen LogP contribution in [0, 0.1) is 6.92 Å². The number of hydrogen-bond acceptors (Lipinski definition) is 6. The summed E-state index contributed by atoms with van der Waals surface area (Å²) in [5.74, 6) is -0.270. The minimum Gasteiger partial charge on any atom is -0.296 e. The van der Waals surface area contributed by atoms with Gasteiger partial charge in [-0.2, -0.15) is 8.75 Å². The van der Waals surface area contributed by atoms with E-state index in [1.807, 2.05) is 6.92 Å². The van der Waals surface area contributed by atoms with Crippen LogP contribution in [-0.4, -0.2) is 19.6 Å². The van der Waals surface area contributed by atoms with E-state index in [0.29, 0.717) is 10.8 Å². The summed E-state index contributed by atoms with van der Waals surface area (Å²) >= 11 is 2.43. The maximum atomic E-state index is 11.4. The third-order valence-corrected chi connectivity index (χ3v) is 2.74. The Kier molecular flexibility index (Phi) is 2.51. The molecular formula is C7H6N4OS2. The van der Waals surface area contributed by atoms with E-state index in [2.05, 4.69) is 19.0 Å². The van der Waals surface area contributed by atoms with Crippen molar-refractivity contribution in [1.29, 1.82) is 0 Å². The molecule has 1 N–H and O–H groups in total. The third-order valence-electron chi connectivity index (χ3n) is 1.44. The van der Waals surface area contributed by atoms with Crippen molar-refractivity contribution in [3.8, 4) is 0 Å². The van der Waals surface area contributed by atoms with Crippen LogP contribution in [0.4, 0.5) is 5.13 Å². The molecule has 7 heteroatoms. The number of nitrogens with zero attached hydrogens (tertiary/aromatic N) is 3. The summed E-state index contributed by atoms with van der Waals surface area (Å²) in [4.78, 5) is 16.5. The Bertz CT molecular complexity index is 436. The molecule has 0 saturated carbocycles. The molecule has 2 heterocycles. The van der Waals surface area contributed by atoms with E-state index in [0.717, 1.165) is 16.6 Å². The Morgan fingerprint density at radius 2 is 2.36 bits per heavy atom. The number of aryl methyl sites for hydroxylation is 1. The number of amides is 1. The first-order chi connectivity index (χ1) is 6.75. The Morgan fingerprint density at radius 1 is 1.50 bits per heavy atom. The average molecular weight is 226 g/mol. The largest absolute Gasteiger partial charge is 0.296 e. The second kappa shape index (κ2) is 3.81. The zero-order valence-electron chi connectivity index (χ0n) is 7.22. The molecule has 0 aliphatic heterocycles. The summed E-state index contributed by atoms with van der Waals surface area (Å²) in [5, 5.41) is 3.22. The molecule has 0 aromatic carbocycles. The molecule has 0 atom stereocenters. The molecule has 1 amide bonds. The highest BCUT2D eigenvalue weighted by Crippen LogP contribution is 2.16. The van der Waals surface area contributed by atoms with Crippen molar-refractivity contribution < 1.29 is 4.79 Å². The van der Waals surface area contributed by atoms with E-state index in [1.165, 1.54) is 17.5 Å². The number of thiazole rings is 1. The standard InChI is InChI=1S/C7H6N4OS2/c1-4-2-8-7(13-4)10-6(12)5-3-9-14-11-5/h2-3H,1H3,(H,8,10,12). The zero-order valence-corrected chi connectivity index (χ0v) is 8.85. The molecule has 0 aliphatic carbocycles. The van der Waals surface area contributed by atoms with Gasteiger partial charge in [-0.25, -0.2) is 4.98 Å². The molecule has 0 bridgehead atoms. The van der Waals surface area contributed by atoms with Gasteiger partial charge in [0.25, 0.3) is 5.91 Å². The molecule has 2 aromatic heterocycles. The molecular weight excluding hydrogens is 220 g/mol. The fourth-order valence-corrected chi connectivity index (χ4v) is 1.91. The monoisotopic (exact) mass is 226 g/mol. The SMILES string of the molecule is Cc1cnc(NC(=O)c2cnsn2)s1. The quantitative estimate of drug-likeness (QED) is 0.843. The molecule has 2 aromatic rings. The average Bonchev–Trinajstić information content (AvgIpc) is 2.75. The number of rotatable bonds is 2. The predicted molar refractivity (Wildman–Crippen MR) is 54.7 cm³/mol. The van der Waals surface area contributed by atoms with Crippen LogP contribution in [0.3, 0.4) is 0 Å². The summed E-state index contributed by atoms with van der Waals surface area (Å²) in [6.07, 6.45) is 3.14. The van der Waals surface area contributed by atoms with Crippen LogP contribution in [0.5, 0.6) is 0 Å². The normalized spacial score (nSPS) is 10.1. The van der Waals surface area contributed by atoms with Gasteiger partial charge in [-0.05, 0) is 6.92 Å². The number of aromatic nitrogens is 3. The molecule has 0 fully saturated rings. The van der Waals surface area contributed by atoms with Gasteiger partial charge >= 0.3 is 0 Å². The smallest absolute Gasteiger partial charge is 0.278 e. The highest BCUT2D eigenvalue weighted by atomic mass is 32.1. The summed E-state index contributed by atoms with van der Waals surface area (Å²) in [6.45, 7) is 1.93. The molecule has 0 radical (unpaired) electrons. The number of nitrogens with one attached hydrogen (secondary N) is 1. The lowest BCUT2D eigenvalue weighted by Crippen LogP contribution is -2.11. The van der Waals surface area contributed by atoms with Crippen molar-refractivity contribution in [2.24, 2.45) is 0 Å². The molecule has 2 rings (SSSR count). The van der Waals surface area contributed by atoms with Gasteiger partial charge in [-0.3, -0.25) is 10.1 Å². The van der Waals surface area contributed by atoms with Gasteiger partial charge in [0.1, 0.15) is 0 Å². The third kappa shape index (κ3) is 1.94. The van der Waals surface area contributed by atoms with Crippen molar-refractivity contribution in [3.05, 3.63) is 23.0 Å². The Morgan fingerprint density at radius 3 is 2.93 bits per heavy atom. The molecule has 5 nitrogen and oxygen atoms in total. The van der Waals surface area contributed by atoms with Gasteiger partial charge in [-0.15, -0.1) is 11.3 Å². The van der Waals surface area contributed by atoms with Crippen LogP contribution < -0.4 is 5.32 Å². The van der Waals surface area contributed by atoms with E-state index in [1.54, 1.807) is 6.20 Å². The van der Waals surface area contributed by atoms with Crippen LogP contribution in [0.25, 0.3) is 0 Å². The number of carbonyl (C=O) groups is 1. The van der Waals surface area contributed by atoms with Gasteiger partial charge in [-0.1, -0.05) is 0 Å². The van der Waals surface area contributed by atoms with Gasteiger partial charge in [0, 0.05) is 11.1 Å². The van der Waals surface area contributed by atoms with Crippen LogP contribution in [0.2, 0.25) is 0 Å². The highest BCUT2D eigenvalue weighted by Gasteiger charge is 2.10. The van der Waals surface area contributed by atoms with Gasteiger partial charge in [0.15, 0.2) is 10.8 Å². The van der Waals surface area contributed by atoms with Crippen molar-refractivity contribution >= 4 is 34.1 Å². The van der Waals surface area contributed by atoms with E-state index >= 15 is 0 Å². The minimum absolute atomic E-state index is 0.270. The van der Waals surface area contributed by atoms with Gasteiger partial charge in [0.05, 0.1) is 17.9 Å². The Balaban J connectivity index is 2.09. The maximum absolute atomic E-state index is 11.4. The molecule has 14 heavy (non-hydrogen) atoms. The van der Waals surface area contributed by atoms with Crippen LogP contribution in [-0.2, 0) is 0 Å². The van der Waals surface area contributed by atoms with Crippen molar-refractivity contribution in [2.45, 2.75) is 6.92 Å². The fraction of sp³-hybridized carbons (Fsp3) is 0.143. The summed E-state index contributed by atoms with van der Waals surface area (Å²) < 4.78 is 7.56. The van der Waals surface area contributed by atoms with Crippen molar-refractivity contribution in [3.63, 3.8) is 0 Å². The Labute approximate surface area is 88.2 Å². The van der Waals surface area contributed by atoms with E-state index in [-0.39, 0.29) is 5.91 Å². The molecule has 0 unspecified atom stereocenters. The molecule has 0 spiro atoms. The predicted octanol–water partition coefficient (Wildman–Crippen LogP) is 1.56. The van der Waals surface area contributed by atoms with Crippen molar-refractivity contribution in [1.82, 2.24) is 13.7 Å². The maximum Gasteiger partial charge on any atom is 0.278 e. The number of hydrogen-bond donors (Lipinski definition) is 1. The van der Waals surface area contributed by atoms with E-state index in [9.17, 15) is 4.79 Å². The number of anilines is 1. The summed E-state index contributed by atoms with van der Waals surface area (Å²) in [7, 11) is 0.